The maximum atomic E-state index is 12.1. The molecular formula is C19H17ClN2O5. The van der Waals surface area contributed by atoms with Gasteiger partial charge in [0.15, 0.2) is 11.5 Å². The first-order valence-electron chi connectivity index (χ1n) is 8.07. The number of ether oxygens (including phenoxy) is 3. The average molecular weight is 389 g/mol. The number of nitrogens with zero attached hydrogens (tertiary/aromatic N) is 2. The summed E-state index contributed by atoms with van der Waals surface area (Å²) in [6.07, 6.45) is -0.797. The van der Waals surface area contributed by atoms with E-state index >= 15 is 0 Å². The fourth-order valence-corrected chi connectivity index (χ4v) is 2.82. The molecule has 1 atom stereocenters. The highest BCUT2D eigenvalue weighted by Crippen LogP contribution is 2.36. The molecule has 0 aromatic heterocycles. The molecule has 0 saturated heterocycles. The molecule has 7 nitrogen and oxygen atoms in total. The number of benzene rings is 2. The van der Waals surface area contributed by atoms with Crippen LogP contribution < -0.4 is 9.47 Å². The van der Waals surface area contributed by atoms with Gasteiger partial charge in [-0.1, -0.05) is 23.7 Å². The van der Waals surface area contributed by atoms with Gasteiger partial charge in [-0.3, -0.25) is 9.59 Å². The second-order valence-corrected chi connectivity index (χ2v) is 6.13. The number of halogens is 1. The Morgan fingerprint density at radius 1 is 1.15 bits per heavy atom. The lowest BCUT2D eigenvalue weighted by atomic mass is 10.1. The van der Waals surface area contributed by atoms with E-state index in [9.17, 15) is 9.59 Å². The topological polar surface area (TPSA) is 77.4 Å². The van der Waals surface area contributed by atoms with Crippen molar-refractivity contribution < 1.29 is 23.8 Å². The van der Waals surface area contributed by atoms with Crippen molar-refractivity contribution in [2.45, 2.75) is 20.1 Å². The fraction of sp³-hybridized carbons (Fsp3) is 0.211. The third-order valence-electron chi connectivity index (χ3n) is 3.80. The van der Waals surface area contributed by atoms with E-state index in [-0.39, 0.29) is 17.6 Å². The molecule has 1 aliphatic rings. The number of carbonyl (C=O) groups is 2. The predicted molar refractivity (Wildman–Crippen MR) is 98.6 cm³/mol. The van der Waals surface area contributed by atoms with E-state index in [4.69, 9.17) is 25.8 Å². The minimum absolute atomic E-state index is 0.240. The third kappa shape index (κ3) is 3.88. The Morgan fingerprint density at radius 3 is 2.52 bits per heavy atom. The number of hydrogen-bond acceptors (Lipinski definition) is 6. The Morgan fingerprint density at radius 2 is 1.89 bits per heavy atom. The fourth-order valence-electron chi connectivity index (χ4n) is 2.60. The number of amides is 1. The van der Waals surface area contributed by atoms with Crippen LogP contribution in [0.25, 0.3) is 0 Å². The van der Waals surface area contributed by atoms with Gasteiger partial charge in [-0.05, 0) is 30.3 Å². The molecule has 1 amide bonds. The molecule has 0 radical (unpaired) electrons. The molecule has 0 spiro atoms. The molecule has 1 heterocycles. The number of methoxy groups -OCH3 is 1. The average Bonchev–Trinajstić information content (AvgIpc) is 3.07. The van der Waals surface area contributed by atoms with E-state index in [0.717, 1.165) is 0 Å². The van der Waals surface area contributed by atoms with Gasteiger partial charge < -0.3 is 14.2 Å². The normalized spacial score (nSPS) is 15.8. The third-order valence-corrected chi connectivity index (χ3v) is 4.13. The van der Waals surface area contributed by atoms with Gasteiger partial charge >= 0.3 is 5.97 Å². The summed E-state index contributed by atoms with van der Waals surface area (Å²) < 4.78 is 16.3. The zero-order valence-electron chi connectivity index (χ0n) is 14.9. The van der Waals surface area contributed by atoms with Crippen molar-refractivity contribution >= 4 is 29.4 Å². The Hall–Kier alpha value is -3.06. The molecular weight excluding hydrogens is 372 g/mol. The van der Waals surface area contributed by atoms with E-state index in [1.165, 1.54) is 26.0 Å². The smallest absolute Gasteiger partial charge is 0.308 e. The molecule has 0 unspecified atom stereocenters. The summed E-state index contributed by atoms with van der Waals surface area (Å²) in [6, 6.07) is 11.9. The summed E-state index contributed by atoms with van der Waals surface area (Å²) in [5, 5.41) is 5.95. The van der Waals surface area contributed by atoms with Crippen LogP contribution in [-0.4, -0.2) is 29.9 Å². The quantitative estimate of drug-likeness (QED) is 0.591. The Balaban J connectivity index is 1.96. The van der Waals surface area contributed by atoms with E-state index < -0.39 is 12.2 Å². The van der Waals surface area contributed by atoms with Crippen LogP contribution in [-0.2, 0) is 14.3 Å². The lowest BCUT2D eigenvalue weighted by Gasteiger charge is -2.20. The van der Waals surface area contributed by atoms with Crippen LogP contribution in [0, 0.1) is 0 Å². The molecule has 140 valence electrons. The van der Waals surface area contributed by atoms with Crippen molar-refractivity contribution in [3.8, 4) is 11.5 Å². The monoisotopic (exact) mass is 388 g/mol. The summed E-state index contributed by atoms with van der Waals surface area (Å²) in [5.74, 6) is 0.0798. The lowest BCUT2D eigenvalue weighted by Crippen LogP contribution is -2.25. The second kappa shape index (κ2) is 7.67. The summed E-state index contributed by atoms with van der Waals surface area (Å²) >= 11 is 6.21. The zero-order chi connectivity index (χ0) is 19.6. The standard InChI is InChI=1S/C19H17ClN2O5/c1-11(23)22-19(27-18(21-22)14-6-4-5-7-15(14)20)13-8-9-16(26-12(2)24)17(10-13)25-3/h4-10,19H,1-3H3/t19-/m1/s1. The number of rotatable bonds is 4. The van der Waals surface area contributed by atoms with E-state index in [0.29, 0.717) is 21.9 Å². The summed E-state index contributed by atoms with van der Waals surface area (Å²) in [4.78, 5) is 23.3. The van der Waals surface area contributed by atoms with Gasteiger partial charge in [0.2, 0.25) is 18.0 Å². The number of esters is 1. The molecule has 0 bridgehead atoms. The maximum Gasteiger partial charge on any atom is 0.308 e. The van der Waals surface area contributed by atoms with Gasteiger partial charge in [0.05, 0.1) is 17.7 Å². The Bertz CT molecular complexity index is 928. The van der Waals surface area contributed by atoms with Crippen molar-refractivity contribution in [3.05, 3.63) is 58.6 Å². The largest absolute Gasteiger partial charge is 0.493 e. The molecule has 2 aromatic rings. The van der Waals surface area contributed by atoms with E-state index in [1.807, 2.05) is 0 Å². The molecule has 1 aliphatic heterocycles. The molecule has 0 saturated carbocycles. The highest BCUT2D eigenvalue weighted by Gasteiger charge is 2.34. The first-order chi connectivity index (χ1) is 12.9. The van der Waals surface area contributed by atoms with Gasteiger partial charge in [0.1, 0.15) is 0 Å². The van der Waals surface area contributed by atoms with Crippen LogP contribution in [0.5, 0.6) is 11.5 Å². The van der Waals surface area contributed by atoms with Crippen LogP contribution in [0.1, 0.15) is 31.2 Å². The molecule has 8 heteroatoms. The number of carbonyl (C=O) groups excluding carboxylic acids is 2. The maximum absolute atomic E-state index is 12.1. The molecule has 3 rings (SSSR count). The van der Waals surface area contributed by atoms with Crippen LogP contribution in [0.2, 0.25) is 5.02 Å². The van der Waals surface area contributed by atoms with Crippen molar-refractivity contribution in [2.24, 2.45) is 5.10 Å². The minimum atomic E-state index is -0.797. The molecule has 27 heavy (non-hydrogen) atoms. The first kappa shape index (κ1) is 18.7. The minimum Gasteiger partial charge on any atom is -0.493 e. The van der Waals surface area contributed by atoms with Gasteiger partial charge in [0.25, 0.3) is 0 Å². The van der Waals surface area contributed by atoms with E-state index in [2.05, 4.69) is 5.10 Å². The van der Waals surface area contributed by atoms with Crippen molar-refractivity contribution in [2.75, 3.05) is 7.11 Å². The Labute approximate surface area is 161 Å². The Kier molecular flexibility index (Phi) is 5.32. The van der Waals surface area contributed by atoms with Crippen LogP contribution in [0.4, 0.5) is 0 Å². The van der Waals surface area contributed by atoms with E-state index in [1.54, 1.807) is 42.5 Å². The van der Waals surface area contributed by atoms with Gasteiger partial charge in [-0.25, -0.2) is 0 Å². The van der Waals surface area contributed by atoms with Crippen molar-refractivity contribution in [1.82, 2.24) is 5.01 Å². The van der Waals surface area contributed by atoms with Crippen molar-refractivity contribution in [1.29, 1.82) is 0 Å². The zero-order valence-corrected chi connectivity index (χ0v) is 15.7. The first-order valence-corrected chi connectivity index (χ1v) is 8.45. The SMILES string of the molecule is COc1cc([C@H]2OC(c3ccccc3Cl)=NN2C(C)=O)ccc1OC(C)=O. The van der Waals surface area contributed by atoms with Crippen LogP contribution >= 0.6 is 11.6 Å². The van der Waals surface area contributed by atoms with Crippen molar-refractivity contribution in [3.63, 3.8) is 0 Å². The number of hydrogen-bond donors (Lipinski definition) is 0. The molecule has 0 fully saturated rings. The molecule has 0 aliphatic carbocycles. The summed E-state index contributed by atoms with van der Waals surface area (Å²) in [6.45, 7) is 2.69. The molecule has 0 N–H and O–H groups in total. The highest BCUT2D eigenvalue weighted by atomic mass is 35.5. The summed E-state index contributed by atoms with van der Waals surface area (Å²) in [7, 11) is 1.45. The second-order valence-electron chi connectivity index (χ2n) is 5.72. The summed E-state index contributed by atoms with van der Waals surface area (Å²) in [5.41, 5.74) is 1.18. The van der Waals surface area contributed by atoms with Gasteiger partial charge in [-0.2, -0.15) is 5.01 Å². The van der Waals surface area contributed by atoms with Gasteiger partial charge in [-0.15, -0.1) is 5.10 Å². The highest BCUT2D eigenvalue weighted by molar-refractivity contribution is 6.33. The lowest BCUT2D eigenvalue weighted by molar-refractivity contribution is -0.135. The van der Waals surface area contributed by atoms with Crippen LogP contribution in [0.3, 0.4) is 0 Å². The van der Waals surface area contributed by atoms with Gasteiger partial charge in [0, 0.05) is 19.4 Å². The molecule has 2 aromatic carbocycles. The van der Waals surface area contributed by atoms with Crippen LogP contribution in [0.15, 0.2) is 47.6 Å². The number of hydrazone groups is 1. The predicted octanol–water partition coefficient (Wildman–Crippen LogP) is 3.51.